The first kappa shape index (κ1) is 19.3. The molecule has 2 aromatic rings. The molecule has 1 atom stereocenters. The van der Waals surface area contributed by atoms with Gasteiger partial charge in [0.2, 0.25) is 5.95 Å². The molecule has 3 aliphatic rings. The average molecular weight is 437 g/mol. The molecule has 1 saturated carbocycles. The highest BCUT2D eigenvalue weighted by atomic mass is 35.5. The van der Waals surface area contributed by atoms with Gasteiger partial charge in [-0.05, 0) is 32.1 Å². The summed E-state index contributed by atoms with van der Waals surface area (Å²) >= 11 is 5.89. The summed E-state index contributed by atoms with van der Waals surface area (Å²) in [5.74, 6) is 2.08. The van der Waals surface area contributed by atoms with Crippen LogP contribution in [0.4, 0.5) is 11.8 Å². The number of hydrogen-bond donors (Lipinski definition) is 2. The Bertz CT molecular complexity index is 916. The van der Waals surface area contributed by atoms with Crippen molar-refractivity contribution in [3.05, 3.63) is 23.1 Å². The predicted molar refractivity (Wildman–Crippen MR) is 112 cm³/mol. The van der Waals surface area contributed by atoms with E-state index in [9.17, 15) is 9.32 Å². The number of piperidine rings is 1. The fraction of sp³-hybridized carbons (Fsp3) is 0.632. The number of fused-ring (bicyclic) bond motifs is 1. The van der Waals surface area contributed by atoms with Crippen LogP contribution in [-0.4, -0.2) is 60.1 Å². The molecule has 0 amide bonds. The molecule has 2 N–H and O–H groups in total. The first-order valence-corrected chi connectivity index (χ1v) is 11.9. The van der Waals surface area contributed by atoms with E-state index >= 15 is 0 Å². The first-order valence-electron chi connectivity index (χ1n) is 10.2. The SMILES string of the molecule is O=[S@@]1CCc2c1c(NC1(CO)CCC1)nn2C1CCN(c2ncc(Cl)cn2)CC1. The van der Waals surface area contributed by atoms with Crippen molar-refractivity contribution in [2.75, 3.05) is 35.7 Å². The molecule has 2 aromatic heterocycles. The minimum Gasteiger partial charge on any atom is -0.394 e. The van der Waals surface area contributed by atoms with Crippen LogP contribution in [0.1, 0.15) is 43.8 Å². The monoisotopic (exact) mass is 436 g/mol. The second-order valence-corrected chi connectivity index (χ2v) is 10.1. The van der Waals surface area contributed by atoms with Crippen LogP contribution >= 0.6 is 11.6 Å². The molecule has 10 heteroatoms. The number of aliphatic hydroxyl groups excluding tert-OH is 1. The Hall–Kier alpha value is -1.71. The maximum atomic E-state index is 12.6. The number of aromatic nitrogens is 4. The van der Waals surface area contributed by atoms with Crippen molar-refractivity contribution in [2.45, 2.75) is 55.0 Å². The van der Waals surface area contributed by atoms with E-state index in [0.717, 1.165) is 62.2 Å². The van der Waals surface area contributed by atoms with Gasteiger partial charge in [0, 0.05) is 25.3 Å². The zero-order chi connectivity index (χ0) is 20.0. The van der Waals surface area contributed by atoms with Gasteiger partial charge in [-0.15, -0.1) is 0 Å². The first-order chi connectivity index (χ1) is 14.1. The molecule has 1 saturated heterocycles. The minimum absolute atomic E-state index is 0.0841. The molecule has 0 spiro atoms. The summed E-state index contributed by atoms with van der Waals surface area (Å²) in [5, 5.41) is 18.7. The van der Waals surface area contributed by atoms with Crippen molar-refractivity contribution < 1.29 is 9.32 Å². The Morgan fingerprint density at radius 2 is 2.00 bits per heavy atom. The molecular weight excluding hydrogens is 412 g/mol. The van der Waals surface area contributed by atoms with Gasteiger partial charge in [0.25, 0.3) is 0 Å². The summed E-state index contributed by atoms with van der Waals surface area (Å²) in [4.78, 5) is 11.7. The molecule has 8 nitrogen and oxygen atoms in total. The Morgan fingerprint density at radius 1 is 1.28 bits per heavy atom. The number of nitrogens with one attached hydrogen (secondary N) is 1. The highest BCUT2D eigenvalue weighted by Crippen LogP contribution is 2.40. The smallest absolute Gasteiger partial charge is 0.225 e. The van der Waals surface area contributed by atoms with Crippen LogP contribution in [0.3, 0.4) is 0 Å². The molecule has 0 radical (unpaired) electrons. The molecule has 0 unspecified atom stereocenters. The van der Waals surface area contributed by atoms with Crippen LogP contribution in [-0.2, 0) is 17.2 Å². The fourth-order valence-electron chi connectivity index (χ4n) is 4.55. The van der Waals surface area contributed by atoms with Crippen molar-refractivity contribution in [1.29, 1.82) is 0 Å². The predicted octanol–water partition coefficient (Wildman–Crippen LogP) is 2.16. The molecule has 156 valence electrons. The molecule has 2 aliphatic heterocycles. The van der Waals surface area contributed by atoms with Crippen LogP contribution in [0.25, 0.3) is 0 Å². The second-order valence-electron chi connectivity index (χ2n) is 8.21. The third-order valence-corrected chi connectivity index (χ3v) is 8.06. The van der Waals surface area contributed by atoms with Crippen molar-refractivity contribution in [3.8, 4) is 0 Å². The van der Waals surface area contributed by atoms with Gasteiger partial charge in [-0.1, -0.05) is 11.6 Å². The lowest BCUT2D eigenvalue weighted by Crippen LogP contribution is -2.48. The van der Waals surface area contributed by atoms with Crippen LogP contribution < -0.4 is 10.2 Å². The van der Waals surface area contributed by atoms with Gasteiger partial charge in [0.05, 0.1) is 52.1 Å². The van der Waals surface area contributed by atoms with Crippen molar-refractivity contribution in [2.24, 2.45) is 0 Å². The molecule has 2 fully saturated rings. The summed E-state index contributed by atoms with van der Waals surface area (Å²) in [6, 6.07) is 0.268. The Labute approximate surface area is 177 Å². The lowest BCUT2D eigenvalue weighted by molar-refractivity contribution is 0.143. The van der Waals surface area contributed by atoms with Gasteiger partial charge < -0.3 is 15.3 Å². The normalized spacial score (nSPS) is 23.7. The summed E-state index contributed by atoms with van der Waals surface area (Å²) in [6.45, 7) is 1.77. The largest absolute Gasteiger partial charge is 0.394 e. The van der Waals surface area contributed by atoms with E-state index < -0.39 is 10.8 Å². The Morgan fingerprint density at radius 3 is 2.62 bits per heavy atom. The summed E-state index contributed by atoms with van der Waals surface area (Å²) < 4.78 is 14.8. The number of aliphatic hydroxyl groups is 1. The zero-order valence-corrected chi connectivity index (χ0v) is 17.8. The minimum atomic E-state index is -1.02. The zero-order valence-electron chi connectivity index (χ0n) is 16.2. The number of hydrogen-bond acceptors (Lipinski definition) is 7. The van der Waals surface area contributed by atoms with Crippen molar-refractivity contribution in [3.63, 3.8) is 0 Å². The summed E-state index contributed by atoms with van der Waals surface area (Å²) in [7, 11) is -1.02. The molecule has 4 heterocycles. The van der Waals surface area contributed by atoms with E-state index in [1.807, 2.05) is 0 Å². The molecule has 29 heavy (non-hydrogen) atoms. The Kier molecular flexibility index (Phi) is 4.99. The lowest BCUT2D eigenvalue weighted by Gasteiger charge is -2.41. The van der Waals surface area contributed by atoms with Crippen LogP contribution in [0.5, 0.6) is 0 Å². The third-order valence-electron chi connectivity index (χ3n) is 6.41. The number of nitrogens with zero attached hydrogens (tertiary/aromatic N) is 5. The maximum absolute atomic E-state index is 12.6. The van der Waals surface area contributed by atoms with Gasteiger partial charge >= 0.3 is 0 Å². The van der Waals surface area contributed by atoms with Crippen molar-refractivity contribution in [1.82, 2.24) is 19.7 Å². The van der Waals surface area contributed by atoms with Gasteiger partial charge in [-0.25, -0.2) is 9.97 Å². The second kappa shape index (κ2) is 7.52. The fourth-order valence-corrected chi connectivity index (χ4v) is 6.00. The molecule has 0 bridgehead atoms. The molecule has 0 aromatic carbocycles. The van der Waals surface area contributed by atoms with E-state index in [1.54, 1.807) is 12.4 Å². The number of anilines is 2. The van der Waals surface area contributed by atoms with E-state index in [4.69, 9.17) is 16.7 Å². The van der Waals surface area contributed by atoms with Crippen molar-refractivity contribution >= 4 is 34.2 Å². The topological polar surface area (TPSA) is 96.2 Å². The van der Waals surface area contributed by atoms with E-state index in [1.165, 1.54) is 0 Å². The van der Waals surface area contributed by atoms with Crippen LogP contribution in [0.2, 0.25) is 5.02 Å². The standard InChI is InChI=1S/C19H25ClN6O2S/c20-13-10-21-18(22-11-13)25-7-2-14(3-8-25)26-15-4-9-29(28)16(15)17(24-26)23-19(12-27)5-1-6-19/h10-11,14,27H,1-9,12H2,(H,23,24)/t29-/m1/s1. The van der Waals surface area contributed by atoms with Crippen LogP contribution in [0.15, 0.2) is 17.3 Å². The van der Waals surface area contributed by atoms with Crippen LogP contribution in [0, 0.1) is 0 Å². The summed E-state index contributed by atoms with van der Waals surface area (Å²) in [6.07, 6.45) is 8.86. The number of halogens is 1. The van der Waals surface area contributed by atoms with E-state index in [-0.39, 0.29) is 18.2 Å². The Balaban J connectivity index is 1.35. The maximum Gasteiger partial charge on any atom is 0.225 e. The van der Waals surface area contributed by atoms with E-state index in [2.05, 4.69) is 24.9 Å². The molecule has 1 aliphatic carbocycles. The highest BCUT2D eigenvalue weighted by molar-refractivity contribution is 7.85. The highest BCUT2D eigenvalue weighted by Gasteiger charge is 2.40. The van der Waals surface area contributed by atoms with Gasteiger partial charge in [0.15, 0.2) is 5.82 Å². The quantitative estimate of drug-likeness (QED) is 0.741. The molecule has 5 rings (SSSR count). The van der Waals surface area contributed by atoms with E-state index in [0.29, 0.717) is 22.5 Å². The number of rotatable bonds is 5. The lowest BCUT2D eigenvalue weighted by atomic mass is 9.77. The van der Waals surface area contributed by atoms with Gasteiger partial charge in [-0.2, -0.15) is 5.10 Å². The molecular formula is C19H25ClN6O2S. The van der Waals surface area contributed by atoms with Gasteiger partial charge in [0.1, 0.15) is 4.90 Å². The average Bonchev–Trinajstić information content (AvgIpc) is 3.26. The summed E-state index contributed by atoms with van der Waals surface area (Å²) in [5.41, 5.74) is 0.800. The van der Waals surface area contributed by atoms with Gasteiger partial charge in [-0.3, -0.25) is 8.89 Å². The third kappa shape index (κ3) is 3.43.